The van der Waals surface area contributed by atoms with Gasteiger partial charge in [-0.05, 0) is 34.6 Å². The van der Waals surface area contributed by atoms with Crippen LogP contribution in [-0.2, 0) is 4.74 Å². The molecular weight excluding hydrogens is 252 g/mol. The van der Waals surface area contributed by atoms with Gasteiger partial charge in [-0.25, -0.2) is 4.79 Å². The van der Waals surface area contributed by atoms with Gasteiger partial charge in [-0.15, -0.1) is 0 Å². The number of nitrogens with zero attached hydrogens (tertiary/aromatic N) is 2. The Morgan fingerprint density at radius 3 is 2.61 bits per heavy atom. The Kier molecular flexibility index (Phi) is 4.64. The third-order valence-corrected chi connectivity index (χ3v) is 4.26. The van der Waals surface area contributed by atoms with Crippen LogP contribution >= 0.6 is 11.8 Å². The lowest BCUT2D eigenvalue weighted by Crippen LogP contribution is -2.57. The molecule has 5 nitrogen and oxygen atoms in total. The van der Waals surface area contributed by atoms with Crippen LogP contribution < -0.4 is 0 Å². The molecule has 0 saturated carbocycles. The van der Waals surface area contributed by atoms with Gasteiger partial charge in [0.15, 0.2) is 0 Å². The fourth-order valence-corrected chi connectivity index (χ4v) is 3.17. The van der Waals surface area contributed by atoms with Crippen LogP contribution in [-0.4, -0.2) is 46.2 Å². The van der Waals surface area contributed by atoms with E-state index >= 15 is 0 Å². The van der Waals surface area contributed by atoms with Crippen LogP contribution in [0, 0.1) is 4.91 Å². The van der Waals surface area contributed by atoms with Crippen molar-refractivity contribution in [3.63, 3.8) is 0 Å². The minimum atomic E-state index is -0.523. The topological polar surface area (TPSA) is 59.0 Å². The summed E-state index contributed by atoms with van der Waals surface area (Å²) in [6.45, 7) is 10.3. The van der Waals surface area contributed by atoms with Crippen LogP contribution in [0.1, 0.15) is 34.6 Å². The number of hydrogen-bond acceptors (Lipinski definition) is 5. The summed E-state index contributed by atoms with van der Waals surface area (Å²) < 4.78 is 5.20. The van der Waals surface area contributed by atoms with Crippen molar-refractivity contribution in [1.29, 1.82) is 0 Å². The molecular formula is C12H22N2O3S. The first-order valence-electron chi connectivity index (χ1n) is 6.10. The largest absolute Gasteiger partial charge is 0.444 e. The fourth-order valence-electron chi connectivity index (χ4n) is 1.96. The summed E-state index contributed by atoms with van der Waals surface area (Å²) in [5, 5.41) is 2.97. The first-order chi connectivity index (χ1) is 8.17. The Balaban J connectivity index is 2.83. The SMILES string of the molecule is CC(C)(C)OC(=O)N1CCSC(C)(C)C1CN=O. The number of nitroso groups, excluding NO2 is 1. The molecule has 0 spiro atoms. The average Bonchev–Trinajstić information content (AvgIpc) is 2.18. The molecule has 1 rings (SSSR count). The van der Waals surface area contributed by atoms with E-state index in [9.17, 15) is 9.70 Å². The van der Waals surface area contributed by atoms with Crippen molar-refractivity contribution in [3.05, 3.63) is 4.91 Å². The Bertz CT molecular complexity index is 326. The zero-order valence-corrected chi connectivity index (χ0v) is 12.5. The quantitative estimate of drug-likeness (QED) is 0.726. The molecule has 18 heavy (non-hydrogen) atoms. The van der Waals surface area contributed by atoms with E-state index in [1.807, 2.05) is 34.6 Å². The highest BCUT2D eigenvalue weighted by Crippen LogP contribution is 2.36. The van der Waals surface area contributed by atoms with Crippen LogP contribution in [0.2, 0.25) is 0 Å². The van der Waals surface area contributed by atoms with Crippen molar-refractivity contribution in [3.8, 4) is 0 Å². The van der Waals surface area contributed by atoms with Crippen LogP contribution in [0.3, 0.4) is 0 Å². The number of carbonyl (C=O) groups is 1. The molecule has 0 aromatic carbocycles. The summed E-state index contributed by atoms with van der Waals surface area (Å²) in [6, 6.07) is -0.205. The van der Waals surface area contributed by atoms with Gasteiger partial charge in [-0.2, -0.15) is 16.7 Å². The van der Waals surface area contributed by atoms with E-state index in [0.29, 0.717) is 6.54 Å². The molecule has 1 saturated heterocycles. The van der Waals surface area contributed by atoms with Gasteiger partial charge >= 0.3 is 6.09 Å². The van der Waals surface area contributed by atoms with E-state index in [1.54, 1.807) is 16.7 Å². The van der Waals surface area contributed by atoms with Crippen molar-refractivity contribution in [2.75, 3.05) is 18.8 Å². The summed E-state index contributed by atoms with van der Waals surface area (Å²) in [6.07, 6.45) is -0.357. The number of hydrogen-bond donors (Lipinski definition) is 0. The van der Waals surface area contributed by atoms with Gasteiger partial charge in [-0.3, -0.25) is 0 Å². The Morgan fingerprint density at radius 2 is 2.11 bits per heavy atom. The van der Waals surface area contributed by atoms with Gasteiger partial charge < -0.3 is 9.64 Å². The van der Waals surface area contributed by atoms with Crippen molar-refractivity contribution < 1.29 is 9.53 Å². The van der Waals surface area contributed by atoms with Crippen LogP contribution in [0.25, 0.3) is 0 Å². The van der Waals surface area contributed by atoms with E-state index in [4.69, 9.17) is 4.74 Å². The van der Waals surface area contributed by atoms with E-state index in [-0.39, 0.29) is 23.4 Å². The lowest BCUT2D eigenvalue weighted by molar-refractivity contribution is 0.0142. The molecule has 1 aliphatic heterocycles. The fraction of sp³-hybridized carbons (Fsp3) is 0.917. The number of rotatable bonds is 2. The second kappa shape index (κ2) is 5.47. The maximum absolute atomic E-state index is 12.1. The minimum absolute atomic E-state index is 0.110. The highest BCUT2D eigenvalue weighted by Gasteiger charge is 2.42. The van der Waals surface area contributed by atoms with Crippen molar-refractivity contribution in [1.82, 2.24) is 4.90 Å². The van der Waals surface area contributed by atoms with Crippen molar-refractivity contribution in [2.24, 2.45) is 5.18 Å². The summed E-state index contributed by atoms with van der Waals surface area (Å²) >= 11 is 1.76. The third-order valence-electron chi connectivity index (χ3n) is 2.86. The van der Waals surface area contributed by atoms with Crippen LogP contribution in [0.5, 0.6) is 0 Å². The molecule has 0 aliphatic carbocycles. The van der Waals surface area contributed by atoms with Gasteiger partial charge in [0.2, 0.25) is 0 Å². The molecule has 1 heterocycles. The standard InChI is InChI=1S/C12H22N2O3S/c1-11(2,3)17-10(15)14-6-7-18-12(4,5)9(14)8-13-16/h9H,6-8H2,1-5H3. The molecule has 6 heteroatoms. The Labute approximate surface area is 113 Å². The van der Waals surface area contributed by atoms with Crippen LogP contribution in [0.4, 0.5) is 4.79 Å². The van der Waals surface area contributed by atoms with Gasteiger partial charge in [-0.1, -0.05) is 5.18 Å². The maximum atomic E-state index is 12.1. The normalized spacial score (nSPS) is 23.6. The second-order valence-electron chi connectivity index (χ2n) is 5.95. The molecule has 0 aromatic heterocycles. The predicted octanol–water partition coefficient (Wildman–Crippen LogP) is 2.88. The average molecular weight is 274 g/mol. The van der Waals surface area contributed by atoms with Gasteiger partial charge in [0.1, 0.15) is 12.1 Å². The van der Waals surface area contributed by atoms with Gasteiger partial charge in [0.25, 0.3) is 0 Å². The number of amides is 1. The maximum Gasteiger partial charge on any atom is 0.410 e. The molecule has 1 fully saturated rings. The third kappa shape index (κ3) is 3.86. The summed E-state index contributed by atoms with van der Waals surface area (Å²) in [4.78, 5) is 24.4. The predicted molar refractivity (Wildman–Crippen MR) is 73.9 cm³/mol. The molecule has 0 aromatic rings. The van der Waals surface area contributed by atoms with Crippen LogP contribution in [0.15, 0.2) is 5.18 Å². The molecule has 0 bridgehead atoms. The first kappa shape index (κ1) is 15.3. The highest BCUT2D eigenvalue weighted by atomic mass is 32.2. The van der Waals surface area contributed by atoms with E-state index < -0.39 is 5.60 Å². The Morgan fingerprint density at radius 1 is 1.50 bits per heavy atom. The molecule has 104 valence electrons. The molecule has 1 unspecified atom stereocenters. The van der Waals surface area contributed by atoms with E-state index in [2.05, 4.69) is 5.18 Å². The van der Waals surface area contributed by atoms with Crippen molar-refractivity contribution >= 4 is 17.9 Å². The molecule has 1 amide bonds. The lowest BCUT2D eigenvalue weighted by atomic mass is 10.0. The van der Waals surface area contributed by atoms with Gasteiger partial charge in [0, 0.05) is 17.0 Å². The van der Waals surface area contributed by atoms with E-state index in [1.165, 1.54) is 0 Å². The molecule has 0 radical (unpaired) electrons. The number of ether oxygens (including phenoxy) is 1. The summed E-state index contributed by atoms with van der Waals surface area (Å²) in [7, 11) is 0. The summed E-state index contributed by atoms with van der Waals surface area (Å²) in [5.74, 6) is 0.849. The smallest absolute Gasteiger partial charge is 0.410 e. The first-order valence-corrected chi connectivity index (χ1v) is 7.08. The zero-order chi connectivity index (χ0) is 14.0. The molecule has 1 aliphatic rings. The van der Waals surface area contributed by atoms with Crippen molar-refractivity contribution in [2.45, 2.75) is 51.0 Å². The lowest BCUT2D eigenvalue weighted by Gasteiger charge is -2.44. The highest BCUT2D eigenvalue weighted by molar-refractivity contribution is 8.00. The van der Waals surface area contributed by atoms with E-state index in [0.717, 1.165) is 5.75 Å². The monoisotopic (exact) mass is 274 g/mol. The zero-order valence-electron chi connectivity index (χ0n) is 11.7. The molecule has 0 N–H and O–H groups in total. The minimum Gasteiger partial charge on any atom is -0.444 e. The second-order valence-corrected chi connectivity index (χ2v) is 7.70. The summed E-state index contributed by atoms with van der Waals surface area (Å²) in [5.41, 5.74) is -0.523. The Hall–Kier alpha value is -0.780. The molecule has 1 atom stereocenters. The number of thioether (sulfide) groups is 1. The van der Waals surface area contributed by atoms with Gasteiger partial charge in [0.05, 0.1) is 6.04 Å². The number of carbonyl (C=O) groups excluding carboxylic acids is 1.